The lowest BCUT2D eigenvalue weighted by molar-refractivity contribution is -0.123. The summed E-state index contributed by atoms with van der Waals surface area (Å²) in [6, 6.07) is -0.403. The molecule has 0 aromatic carbocycles. The minimum atomic E-state index is -0.403. The molecule has 0 saturated carbocycles. The highest BCUT2D eigenvalue weighted by molar-refractivity contribution is 7.11. The molecule has 2 unspecified atom stereocenters. The van der Waals surface area contributed by atoms with E-state index in [-0.39, 0.29) is 24.2 Å². The molecule has 4 nitrogen and oxygen atoms in total. The summed E-state index contributed by atoms with van der Waals surface area (Å²) in [5, 5.41) is 3.97. The maximum absolute atomic E-state index is 11.8. The average molecular weight is 306 g/mol. The first-order chi connectivity index (χ1) is 8.45. The van der Waals surface area contributed by atoms with Crippen LogP contribution in [-0.4, -0.2) is 23.5 Å². The van der Waals surface area contributed by atoms with E-state index < -0.39 is 6.04 Å². The number of thiazole rings is 1. The molecule has 0 bridgehead atoms. The van der Waals surface area contributed by atoms with E-state index in [1.54, 1.807) is 11.3 Å². The van der Waals surface area contributed by atoms with E-state index in [1.807, 2.05) is 27.7 Å². The zero-order valence-electron chi connectivity index (χ0n) is 12.0. The molecule has 0 spiro atoms. The molecule has 0 aliphatic heterocycles. The Balaban J connectivity index is 0.00000324. The molecular formula is C13H24ClN3OS. The number of hydrogen-bond donors (Lipinski definition) is 2. The Morgan fingerprint density at radius 2 is 2.11 bits per heavy atom. The molecule has 1 heterocycles. The zero-order valence-corrected chi connectivity index (χ0v) is 13.7. The van der Waals surface area contributed by atoms with Crippen molar-refractivity contribution in [1.29, 1.82) is 0 Å². The Morgan fingerprint density at radius 3 is 2.58 bits per heavy atom. The van der Waals surface area contributed by atoms with Crippen LogP contribution in [0, 0.1) is 19.8 Å². The highest BCUT2D eigenvalue weighted by Gasteiger charge is 2.18. The lowest BCUT2D eigenvalue weighted by Crippen LogP contribution is -2.45. The third-order valence-corrected chi connectivity index (χ3v) is 4.34. The third kappa shape index (κ3) is 5.47. The monoisotopic (exact) mass is 305 g/mol. The van der Waals surface area contributed by atoms with Crippen molar-refractivity contribution in [2.45, 2.75) is 46.6 Å². The number of aryl methyl sites for hydroxylation is 2. The molecule has 0 aliphatic carbocycles. The molecule has 0 aliphatic rings. The van der Waals surface area contributed by atoms with Gasteiger partial charge >= 0.3 is 0 Å². The number of carbonyl (C=O) groups is 1. The van der Waals surface area contributed by atoms with Crippen LogP contribution in [0.4, 0.5) is 0 Å². The third-order valence-electron chi connectivity index (χ3n) is 3.21. The van der Waals surface area contributed by atoms with Gasteiger partial charge in [0.25, 0.3) is 0 Å². The molecule has 2 atom stereocenters. The Morgan fingerprint density at radius 1 is 1.47 bits per heavy atom. The van der Waals surface area contributed by atoms with Gasteiger partial charge in [0.1, 0.15) is 0 Å². The maximum Gasteiger partial charge on any atom is 0.237 e. The Hall–Kier alpha value is -0.650. The maximum atomic E-state index is 11.8. The van der Waals surface area contributed by atoms with Crippen LogP contribution in [-0.2, 0) is 11.2 Å². The van der Waals surface area contributed by atoms with Gasteiger partial charge in [0.2, 0.25) is 5.91 Å². The second-order valence-corrected chi connectivity index (χ2v) is 5.98. The molecule has 0 fully saturated rings. The van der Waals surface area contributed by atoms with Gasteiger partial charge in [0.15, 0.2) is 0 Å². The van der Waals surface area contributed by atoms with Gasteiger partial charge in [-0.3, -0.25) is 4.79 Å². The Bertz CT molecular complexity index is 409. The van der Waals surface area contributed by atoms with Gasteiger partial charge in [-0.25, -0.2) is 4.98 Å². The van der Waals surface area contributed by atoms with Crippen LogP contribution in [0.5, 0.6) is 0 Å². The number of amides is 1. The largest absolute Gasteiger partial charge is 0.354 e. The molecule has 0 radical (unpaired) electrons. The molecule has 6 heteroatoms. The smallest absolute Gasteiger partial charge is 0.237 e. The van der Waals surface area contributed by atoms with E-state index in [1.165, 1.54) is 4.88 Å². The minimum Gasteiger partial charge on any atom is -0.354 e. The van der Waals surface area contributed by atoms with Crippen molar-refractivity contribution in [2.24, 2.45) is 11.7 Å². The lowest BCUT2D eigenvalue weighted by Gasteiger charge is -2.17. The van der Waals surface area contributed by atoms with Gasteiger partial charge in [0, 0.05) is 17.8 Å². The SMILES string of the molecule is CCC(C)C(N)C(=O)NCCc1sc(C)nc1C.Cl. The fraction of sp³-hybridized carbons (Fsp3) is 0.692. The van der Waals surface area contributed by atoms with Crippen LogP contribution >= 0.6 is 23.7 Å². The van der Waals surface area contributed by atoms with E-state index in [0.29, 0.717) is 6.54 Å². The molecule has 19 heavy (non-hydrogen) atoms. The van der Waals surface area contributed by atoms with Crippen molar-refractivity contribution in [3.63, 3.8) is 0 Å². The standard InChI is InChI=1S/C13H23N3OS.ClH/c1-5-8(2)12(14)13(17)15-7-6-11-9(3)16-10(4)18-11;/h8,12H,5-7,14H2,1-4H3,(H,15,17);1H. The summed E-state index contributed by atoms with van der Waals surface area (Å²) in [4.78, 5) is 17.4. The van der Waals surface area contributed by atoms with Crippen molar-refractivity contribution < 1.29 is 4.79 Å². The van der Waals surface area contributed by atoms with Gasteiger partial charge in [-0.15, -0.1) is 23.7 Å². The summed E-state index contributed by atoms with van der Waals surface area (Å²) >= 11 is 1.69. The van der Waals surface area contributed by atoms with Crippen LogP contribution in [0.25, 0.3) is 0 Å². The van der Waals surface area contributed by atoms with Gasteiger partial charge in [-0.05, 0) is 19.8 Å². The summed E-state index contributed by atoms with van der Waals surface area (Å²) in [7, 11) is 0. The minimum absolute atomic E-state index is 0. The Kier molecular flexibility index (Phi) is 8.22. The first kappa shape index (κ1) is 18.4. The number of aromatic nitrogens is 1. The van der Waals surface area contributed by atoms with Crippen molar-refractivity contribution in [2.75, 3.05) is 6.54 Å². The van der Waals surface area contributed by atoms with Crippen LogP contribution in [0.15, 0.2) is 0 Å². The number of nitrogens with two attached hydrogens (primary N) is 1. The van der Waals surface area contributed by atoms with Gasteiger partial charge in [0.05, 0.1) is 16.7 Å². The lowest BCUT2D eigenvalue weighted by atomic mass is 9.99. The van der Waals surface area contributed by atoms with Crippen molar-refractivity contribution in [3.8, 4) is 0 Å². The van der Waals surface area contributed by atoms with Gasteiger partial charge < -0.3 is 11.1 Å². The Labute approximate surface area is 125 Å². The van der Waals surface area contributed by atoms with Crippen LogP contribution in [0.3, 0.4) is 0 Å². The predicted molar refractivity (Wildman–Crippen MR) is 83.0 cm³/mol. The molecule has 1 aromatic heterocycles. The molecule has 1 amide bonds. The fourth-order valence-electron chi connectivity index (χ4n) is 1.73. The topological polar surface area (TPSA) is 68.0 Å². The predicted octanol–water partition coefficient (Wildman–Crippen LogP) is 2.21. The number of hydrogen-bond acceptors (Lipinski definition) is 4. The normalized spacial score (nSPS) is 13.5. The molecular weight excluding hydrogens is 282 g/mol. The first-order valence-corrected chi connectivity index (χ1v) is 7.23. The number of rotatable bonds is 6. The van der Waals surface area contributed by atoms with Crippen molar-refractivity contribution in [3.05, 3.63) is 15.6 Å². The summed E-state index contributed by atoms with van der Waals surface area (Å²) in [6.07, 6.45) is 1.75. The molecule has 3 N–H and O–H groups in total. The summed E-state index contributed by atoms with van der Waals surface area (Å²) in [6.45, 7) is 8.68. The zero-order chi connectivity index (χ0) is 13.7. The average Bonchev–Trinajstić information content (AvgIpc) is 2.65. The molecule has 110 valence electrons. The summed E-state index contributed by atoms with van der Waals surface area (Å²) in [5.74, 6) is 0.167. The number of nitrogens with one attached hydrogen (secondary N) is 1. The van der Waals surface area contributed by atoms with E-state index in [2.05, 4.69) is 10.3 Å². The highest BCUT2D eigenvalue weighted by atomic mass is 35.5. The van der Waals surface area contributed by atoms with Crippen molar-refractivity contribution in [1.82, 2.24) is 10.3 Å². The number of nitrogens with zero attached hydrogens (tertiary/aromatic N) is 1. The second kappa shape index (κ2) is 8.51. The van der Waals surface area contributed by atoms with E-state index in [4.69, 9.17) is 5.73 Å². The van der Waals surface area contributed by atoms with Crippen LogP contribution in [0.2, 0.25) is 0 Å². The van der Waals surface area contributed by atoms with Gasteiger partial charge in [-0.1, -0.05) is 20.3 Å². The van der Waals surface area contributed by atoms with Crippen LogP contribution < -0.4 is 11.1 Å². The van der Waals surface area contributed by atoms with E-state index in [0.717, 1.165) is 23.5 Å². The molecule has 0 saturated heterocycles. The number of halogens is 1. The quantitative estimate of drug-likeness (QED) is 0.847. The molecule has 1 aromatic rings. The summed E-state index contributed by atoms with van der Waals surface area (Å²) in [5.41, 5.74) is 6.93. The van der Waals surface area contributed by atoms with Crippen molar-refractivity contribution >= 4 is 29.7 Å². The second-order valence-electron chi connectivity index (χ2n) is 4.69. The van der Waals surface area contributed by atoms with Gasteiger partial charge in [-0.2, -0.15) is 0 Å². The highest BCUT2D eigenvalue weighted by Crippen LogP contribution is 2.17. The summed E-state index contributed by atoms with van der Waals surface area (Å²) < 4.78 is 0. The van der Waals surface area contributed by atoms with E-state index in [9.17, 15) is 4.79 Å². The molecule has 1 rings (SSSR count). The van der Waals surface area contributed by atoms with E-state index >= 15 is 0 Å². The first-order valence-electron chi connectivity index (χ1n) is 6.41. The fourth-order valence-corrected chi connectivity index (χ4v) is 2.67. The van der Waals surface area contributed by atoms with Crippen LogP contribution in [0.1, 0.15) is 35.8 Å². The number of carbonyl (C=O) groups excluding carboxylic acids is 1.